The SMILES string of the molecule is CCOC(CCN1c2ccccc2NCC1C)OCC. The number of hydrogen-bond acceptors (Lipinski definition) is 4. The summed E-state index contributed by atoms with van der Waals surface area (Å²) in [5.74, 6) is 0. The number of ether oxygens (including phenoxy) is 2. The van der Waals surface area contributed by atoms with Crippen molar-refractivity contribution in [2.75, 3.05) is 36.5 Å². The molecule has 0 saturated carbocycles. The average molecular weight is 278 g/mol. The van der Waals surface area contributed by atoms with E-state index in [1.165, 1.54) is 11.4 Å². The normalized spacial score (nSPS) is 18.0. The van der Waals surface area contributed by atoms with Crippen molar-refractivity contribution in [1.29, 1.82) is 0 Å². The number of nitrogens with one attached hydrogen (secondary N) is 1. The molecule has 20 heavy (non-hydrogen) atoms. The molecule has 1 aliphatic heterocycles. The Labute approximate surface area is 122 Å². The molecule has 0 aromatic heterocycles. The molecular weight excluding hydrogens is 252 g/mol. The Morgan fingerprint density at radius 3 is 2.65 bits per heavy atom. The molecular formula is C16H26N2O2. The third-order valence-electron chi connectivity index (χ3n) is 3.64. The highest BCUT2D eigenvalue weighted by atomic mass is 16.7. The highest BCUT2D eigenvalue weighted by Crippen LogP contribution is 2.31. The summed E-state index contributed by atoms with van der Waals surface area (Å²) < 4.78 is 11.3. The molecule has 1 atom stereocenters. The van der Waals surface area contributed by atoms with E-state index >= 15 is 0 Å². The summed E-state index contributed by atoms with van der Waals surface area (Å²) in [4.78, 5) is 2.44. The van der Waals surface area contributed by atoms with Crippen LogP contribution in [0.4, 0.5) is 11.4 Å². The number of fused-ring (bicyclic) bond motifs is 1. The van der Waals surface area contributed by atoms with Gasteiger partial charge in [-0.1, -0.05) is 12.1 Å². The van der Waals surface area contributed by atoms with Crippen LogP contribution >= 0.6 is 0 Å². The Morgan fingerprint density at radius 1 is 1.25 bits per heavy atom. The monoisotopic (exact) mass is 278 g/mol. The molecule has 0 aliphatic carbocycles. The molecule has 1 unspecified atom stereocenters. The molecule has 4 nitrogen and oxygen atoms in total. The maximum absolute atomic E-state index is 5.63. The second-order valence-corrected chi connectivity index (χ2v) is 5.07. The fourth-order valence-electron chi connectivity index (χ4n) is 2.65. The molecule has 1 heterocycles. The van der Waals surface area contributed by atoms with E-state index in [1.807, 2.05) is 13.8 Å². The summed E-state index contributed by atoms with van der Waals surface area (Å²) >= 11 is 0. The molecule has 1 N–H and O–H groups in total. The third-order valence-corrected chi connectivity index (χ3v) is 3.64. The largest absolute Gasteiger partial charge is 0.381 e. The summed E-state index contributed by atoms with van der Waals surface area (Å²) in [6.45, 7) is 9.58. The van der Waals surface area contributed by atoms with Crippen LogP contribution in [0.25, 0.3) is 0 Å². The van der Waals surface area contributed by atoms with Gasteiger partial charge in [0.05, 0.1) is 11.4 Å². The van der Waals surface area contributed by atoms with Crippen LogP contribution in [0.5, 0.6) is 0 Å². The molecule has 2 rings (SSSR count). The fourth-order valence-corrected chi connectivity index (χ4v) is 2.65. The number of para-hydroxylation sites is 2. The molecule has 112 valence electrons. The quantitative estimate of drug-likeness (QED) is 0.777. The van der Waals surface area contributed by atoms with E-state index in [4.69, 9.17) is 9.47 Å². The summed E-state index contributed by atoms with van der Waals surface area (Å²) in [5, 5.41) is 3.48. The van der Waals surface area contributed by atoms with Crippen molar-refractivity contribution < 1.29 is 9.47 Å². The highest BCUT2D eigenvalue weighted by Gasteiger charge is 2.23. The second kappa shape index (κ2) is 7.50. The second-order valence-electron chi connectivity index (χ2n) is 5.07. The Morgan fingerprint density at radius 2 is 1.95 bits per heavy atom. The van der Waals surface area contributed by atoms with Crippen molar-refractivity contribution in [3.8, 4) is 0 Å². The first kappa shape index (κ1) is 15.1. The van der Waals surface area contributed by atoms with Gasteiger partial charge < -0.3 is 19.7 Å². The summed E-state index contributed by atoms with van der Waals surface area (Å²) in [6.07, 6.45) is 0.791. The van der Waals surface area contributed by atoms with Gasteiger partial charge in [0.1, 0.15) is 0 Å². The van der Waals surface area contributed by atoms with Crippen molar-refractivity contribution in [3.63, 3.8) is 0 Å². The number of rotatable bonds is 7. The fraction of sp³-hybridized carbons (Fsp3) is 0.625. The van der Waals surface area contributed by atoms with Gasteiger partial charge in [-0.25, -0.2) is 0 Å². The molecule has 0 amide bonds. The highest BCUT2D eigenvalue weighted by molar-refractivity contribution is 5.72. The van der Waals surface area contributed by atoms with Crippen LogP contribution in [0.1, 0.15) is 27.2 Å². The average Bonchev–Trinajstić information content (AvgIpc) is 2.46. The van der Waals surface area contributed by atoms with Gasteiger partial charge in [0, 0.05) is 38.8 Å². The van der Waals surface area contributed by atoms with E-state index in [-0.39, 0.29) is 6.29 Å². The Balaban J connectivity index is 2.00. The van der Waals surface area contributed by atoms with Crippen molar-refractivity contribution in [3.05, 3.63) is 24.3 Å². The lowest BCUT2D eigenvalue weighted by Gasteiger charge is -2.38. The van der Waals surface area contributed by atoms with Crippen LogP contribution in [-0.2, 0) is 9.47 Å². The molecule has 0 spiro atoms. The zero-order valence-corrected chi connectivity index (χ0v) is 12.8. The van der Waals surface area contributed by atoms with Gasteiger partial charge >= 0.3 is 0 Å². The Hall–Kier alpha value is -1.26. The van der Waals surface area contributed by atoms with Crippen molar-refractivity contribution in [2.24, 2.45) is 0 Å². The van der Waals surface area contributed by atoms with E-state index in [1.54, 1.807) is 0 Å². The van der Waals surface area contributed by atoms with Crippen LogP contribution in [-0.4, -0.2) is 38.6 Å². The first-order valence-corrected chi connectivity index (χ1v) is 7.59. The van der Waals surface area contributed by atoms with E-state index in [2.05, 4.69) is 41.4 Å². The topological polar surface area (TPSA) is 33.7 Å². The van der Waals surface area contributed by atoms with Crippen molar-refractivity contribution in [1.82, 2.24) is 0 Å². The van der Waals surface area contributed by atoms with Gasteiger partial charge in [0.2, 0.25) is 0 Å². The van der Waals surface area contributed by atoms with Crippen molar-refractivity contribution >= 4 is 11.4 Å². The lowest BCUT2D eigenvalue weighted by Crippen LogP contribution is -2.43. The number of anilines is 2. The van der Waals surface area contributed by atoms with Gasteiger partial charge in [-0.15, -0.1) is 0 Å². The zero-order valence-electron chi connectivity index (χ0n) is 12.8. The van der Waals surface area contributed by atoms with Crippen LogP contribution < -0.4 is 10.2 Å². The number of benzene rings is 1. The van der Waals surface area contributed by atoms with Gasteiger partial charge in [-0.2, -0.15) is 0 Å². The van der Waals surface area contributed by atoms with Gasteiger partial charge in [-0.05, 0) is 32.9 Å². The van der Waals surface area contributed by atoms with E-state index < -0.39 is 0 Å². The number of nitrogens with zero attached hydrogens (tertiary/aromatic N) is 1. The molecule has 0 bridgehead atoms. The lowest BCUT2D eigenvalue weighted by molar-refractivity contribution is -0.138. The minimum Gasteiger partial charge on any atom is -0.381 e. The maximum Gasteiger partial charge on any atom is 0.159 e. The van der Waals surface area contributed by atoms with E-state index in [0.717, 1.165) is 19.5 Å². The smallest absolute Gasteiger partial charge is 0.159 e. The van der Waals surface area contributed by atoms with Gasteiger partial charge in [0.15, 0.2) is 6.29 Å². The third kappa shape index (κ3) is 3.64. The van der Waals surface area contributed by atoms with Crippen molar-refractivity contribution in [2.45, 2.75) is 39.5 Å². The zero-order chi connectivity index (χ0) is 14.4. The molecule has 1 aromatic carbocycles. The Bertz CT molecular complexity index is 405. The van der Waals surface area contributed by atoms with E-state index in [0.29, 0.717) is 19.3 Å². The standard InChI is InChI=1S/C16H26N2O2/c1-4-19-16(20-5-2)10-11-18-13(3)12-17-14-8-6-7-9-15(14)18/h6-9,13,16-17H,4-5,10-12H2,1-3H3. The molecule has 1 aliphatic rings. The first-order valence-electron chi connectivity index (χ1n) is 7.59. The van der Waals surface area contributed by atoms with E-state index in [9.17, 15) is 0 Å². The predicted octanol–water partition coefficient (Wildman–Crippen LogP) is 3.10. The van der Waals surface area contributed by atoms with Crippen LogP contribution in [0.15, 0.2) is 24.3 Å². The minimum atomic E-state index is -0.0979. The molecule has 0 fully saturated rings. The predicted molar refractivity (Wildman–Crippen MR) is 83.4 cm³/mol. The molecule has 0 saturated heterocycles. The lowest BCUT2D eigenvalue weighted by atomic mass is 10.1. The van der Waals surface area contributed by atoms with Crippen LogP contribution in [0.3, 0.4) is 0 Å². The van der Waals surface area contributed by atoms with Gasteiger partial charge in [-0.3, -0.25) is 0 Å². The first-order chi connectivity index (χ1) is 9.76. The van der Waals surface area contributed by atoms with Crippen LogP contribution in [0, 0.1) is 0 Å². The number of hydrogen-bond donors (Lipinski definition) is 1. The molecule has 1 aromatic rings. The summed E-state index contributed by atoms with van der Waals surface area (Å²) in [6, 6.07) is 8.96. The Kier molecular flexibility index (Phi) is 5.68. The van der Waals surface area contributed by atoms with Crippen LogP contribution in [0.2, 0.25) is 0 Å². The molecule has 4 heteroatoms. The summed E-state index contributed by atoms with van der Waals surface area (Å²) in [5.41, 5.74) is 2.49. The summed E-state index contributed by atoms with van der Waals surface area (Å²) in [7, 11) is 0. The minimum absolute atomic E-state index is 0.0979. The maximum atomic E-state index is 5.63. The molecule has 0 radical (unpaired) electrons. The van der Waals surface area contributed by atoms with Gasteiger partial charge in [0.25, 0.3) is 0 Å².